The van der Waals surface area contributed by atoms with Crippen molar-refractivity contribution < 1.29 is 28.1 Å². The van der Waals surface area contributed by atoms with Crippen LogP contribution in [0.15, 0.2) is 4.52 Å². The maximum atomic E-state index is 13.6. The first kappa shape index (κ1) is 24.8. The van der Waals surface area contributed by atoms with Crippen LogP contribution in [0.2, 0.25) is 25.7 Å². The van der Waals surface area contributed by atoms with Gasteiger partial charge in [0.1, 0.15) is 5.76 Å². The number of aromatic nitrogens is 1. The van der Waals surface area contributed by atoms with E-state index >= 15 is 0 Å². The van der Waals surface area contributed by atoms with E-state index < -0.39 is 43.3 Å². The standard InChI is InChI=1S/C18H27ClFN5O5Si/c1-9-12(13(15(21)26)24-30-9)11(8-31(2,3)4)17(28)23-25(18(29)14(19)20)7-10-5-6-22-16(10)27/h10-11,14H,5-8H2,1-4H3,(H2,21,26)(H,22,27)(H,23,28)/t10?,11-,14?/m1/s1. The summed E-state index contributed by atoms with van der Waals surface area (Å²) in [7, 11) is -1.92. The van der Waals surface area contributed by atoms with E-state index in [1.165, 1.54) is 0 Å². The third kappa shape index (κ3) is 6.26. The van der Waals surface area contributed by atoms with Crippen molar-refractivity contribution in [1.82, 2.24) is 20.9 Å². The molecule has 0 saturated carbocycles. The van der Waals surface area contributed by atoms with Gasteiger partial charge in [0.25, 0.3) is 17.4 Å². The van der Waals surface area contributed by atoms with Crippen molar-refractivity contribution in [3.05, 3.63) is 17.0 Å². The number of halogens is 2. The topological polar surface area (TPSA) is 148 Å². The van der Waals surface area contributed by atoms with E-state index in [1.54, 1.807) is 6.92 Å². The maximum Gasteiger partial charge on any atom is 0.291 e. The van der Waals surface area contributed by atoms with Crippen molar-refractivity contribution in [2.24, 2.45) is 11.7 Å². The molecule has 0 bridgehead atoms. The lowest BCUT2D eigenvalue weighted by atomic mass is 9.97. The molecule has 31 heavy (non-hydrogen) atoms. The number of aryl methyl sites for hydroxylation is 1. The predicted octanol–water partition coefficient (Wildman–Crippen LogP) is 1.03. The molecule has 1 aromatic rings. The van der Waals surface area contributed by atoms with Gasteiger partial charge in [-0.05, 0) is 19.4 Å². The Balaban J connectivity index is 2.37. The number of hydrazine groups is 1. The number of alkyl halides is 2. The normalized spacial score (nSPS) is 18.3. The Morgan fingerprint density at radius 3 is 2.55 bits per heavy atom. The summed E-state index contributed by atoms with van der Waals surface area (Å²) in [6.07, 6.45) is 0.423. The Morgan fingerprint density at radius 2 is 2.06 bits per heavy atom. The van der Waals surface area contributed by atoms with Crippen molar-refractivity contribution in [3.8, 4) is 0 Å². The van der Waals surface area contributed by atoms with Crippen molar-refractivity contribution in [1.29, 1.82) is 0 Å². The molecular weight excluding hydrogens is 449 g/mol. The zero-order valence-corrected chi connectivity index (χ0v) is 19.6. The molecule has 2 rings (SSSR count). The molecule has 172 valence electrons. The minimum absolute atomic E-state index is 0.176. The molecule has 1 aromatic heterocycles. The molecule has 2 heterocycles. The van der Waals surface area contributed by atoms with Gasteiger partial charge in [0.2, 0.25) is 11.8 Å². The molecular formula is C18H27ClFN5O5Si. The zero-order chi connectivity index (χ0) is 23.5. The monoisotopic (exact) mass is 475 g/mol. The summed E-state index contributed by atoms with van der Waals surface area (Å²) in [4.78, 5) is 49.3. The average molecular weight is 476 g/mol. The van der Waals surface area contributed by atoms with Gasteiger partial charge in [-0.2, -0.15) is 0 Å². The van der Waals surface area contributed by atoms with E-state index in [1.807, 2.05) is 19.6 Å². The highest BCUT2D eigenvalue weighted by Gasteiger charge is 2.37. The van der Waals surface area contributed by atoms with E-state index in [-0.39, 0.29) is 29.5 Å². The van der Waals surface area contributed by atoms with Gasteiger partial charge < -0.3 is 15.6 Å². The first-order valence-corrected chi connectivity index (χ1v) is 13.9. The molecule has 1 aliphatic heterocycles. The molecule has 10 nitrogen and oxygen atoms in total. The number of carbonyl (C=O) groups is 4. The lowest BCUT2D eigenvalue weighted by Gasteiger charge is -2.29. The number of carbonyl (C=O) groups excluding carboxylic acids is 4. The van der Waals surface area contributed by atoms with Crippen LogP contribution < -0.4 is 16.5 Å². The van der Waals surface area contributed by atoms with Crippen LogP contribution in [0.4, 0.5) is 4.39 Å². The summed E-state index contributed by atoms with van der Waals surface area (Å²) < 4.78 is 18.7. The first-order valence-electron chi connectivity index (χ1n) is 9.75. The van der Waals surface area contributed by atoms with E-state index in [0.717, 1.165) is 5.01 Å². The summed E-state index contributed by atoms with van der Waals surface area (Å²) in [6.45, 7) is 7.77. The van der Waals surface area contributed by atoms with Gasteiger partial charge in [0.15, 0.2) is 5.69 Å². The molecule has 2 unspecified atom stereocenters. The number of nitrogens with zero attached hydrogens (tertiary/aromatic N) is 2. The van der Waals surface area contributed by atoms with Crippen LogP contribution in [0.1, 0.15) is 34.2 Å². The molecule has 3 atom stereocenters. The quantitative estimate of drug-likeness (QED) is 0.290. The van der Waals surface area contributed by atoms with Gasteiger partial charge in [-0.3, -0.25) is 24.6 Å². The molecule has 13 heteroatoms. The number of nitrogens with two attached hydrogens (primary N) is 1. The smallest absolute Gasteiger partial charge is 0.291 e. The maximum absolute atomic E-state index is 13.6. The Labute approximate surface area is 185 Å². The number of primary amides is 1. The van der Waals surface area contributed by atoms with Crippen molar-refractivity contribution in [3.63, 3.8) is 0 Å². The zero-order valence-electron chi connectivity index (χ0n) is 17.8. The number of amides is 4. The van der Waals surface area contributed by atoms with Crippen LogP contribution in [-0.2, 0) is 14.4 Å². The predicted molar refractivity (Wildman–Crippen MR) is 112 cm³/mol. The number of nitrogens with one attached hydrogen (secondary N) is 2. The van der Waals surface area contributed by atoms with E-state index in [4.69, 9.17) is 21.9 Å². The van der Waals surface area contributed by atoms with E-state index in [2.05, 4.69) is 15.9 Å². The molecule has 0 radical (unpaired) electrons. The Hall–Kier alpha value is -2.47. The van der Waals surface area contributed by atoms with Crippen LogP contribution in [0.3, 0.4) is 0 Å². The summed E-state index contributed by atoms with van der Waals surface area (Å²) in [5, 5.41) is 6.99. The van der Waals surface area contributed by atoms with Crippen LogP contribution in [0, 0.1) is 12.8 Å². The second-order valence-corrected chi connectivity index (χ2v) is 14.6. The number of hydrogen-bond acceptors (Lipinski definition) is 6. The van der Waals surface area contributed by atoms with Gasteiger partial charge in [-0.15, -0.1) is 0 Å². The van der Waals surface area contributed by atoms with Crippen LogP contribution >= 0.6 is 11.6 Å². The van der Waals surface area contributed by atoms with Gasteiger partial charge in [-0.1, -0.05) is 36.4 Å². The second kappa shape index (κ2) is 9.77. The van der Waals surface area contributed by atoms with Crippen LogP contribution in [0.5, 0.6) is 0 Å². The highest BCUT2D eigenvalue weighted by atomic mass is 35.5. The number of rotatable bonds is 8. The van der Waals surface area contributed by atoms with Gasteiger partial charge in [-0.25, -0.2) is 9.40 Å². The highest BCUT2D eigenvalue weighted by molar-refractivity contribution is 6.76. The first-order chi connectivity index (χ1) is 14.3. The highest BCUT2D eigenvalue weighted by Crippen LogP contribution is 2.32. The third-order valence-electron chi connectivity index (χ3n) is 4.89. The summed E-state index contributed by atoms with van der Waals surface area (Å²) in [5.74, 6) is -4.35. The van der Waals surface area contributed by atoms with Crippen molar-refractivity contribution in [2.45, 2.75) is 50.6 Å². The average Bonchev–Trinajstić information content (AvgIpc) is 3.23. The fourth-order valence-electron chi connectivity index (χ4n) is 3.46. The van der Waals surface area contributed by atoms with Crippen LogP contribution in [-0.4, -0.2) is 60.6 Å². The van der Waals surface area contributed by atoms with Gasteiger partial charge in [0.05, 0.1) is 18.4 Å². The molecule has 1 aliphatic rings. The summed E-state index contributed by atoms with van der Waals surface area (Å²) in [5.41, 5.74) is 5.42. The second-order valence-electron chi connectivity index (χ2n) is 8.68. The van der Waals surface area contributed by atoms with Crippen molar-refractivity contribution in [2.75, 3.05) is 13.1 Å². The lowest BCUT2D eigenvalue weighted by molar-refractivity contribution is -0.145. The fourth-order valence-corrected chi connectivity index (χ4v) is 5.20. The van der Waals surface area contributed by atoms with Crippen LogP contribution in [0.25, 0.3) is 0 Å². The molecule has 1 saturated heterocycles. The van der Waals surface area contributed by atoms with E-state index in [0.29, 0.717) is 19.0 Å². The molecule has 0 spiro atoms. The Morgan fingerprint density at radius 1 is 1.42 bits per heavy atom. The number of hydrogen-bond donors (Lipinski definition) is 3. The largest absolute Gasteiger partial charge is 0.364 e. The van der Waals surface area contributed by atoms with Gasteiger partial charge in [0, 0.05) is 20.2 Å². The molecule has 0 aromatic carbocycles. The SMILES string of the molecule is Cc1onc(C(N)=O)c1[C@@H](C[Si](C)(C)C)C(=O)NN(CC1CCNC1=O)C(=O)C(F)Cl. The lowest BCUT2D eigenvalue weighted by Crippen LogP contribution is -2.53. The summed E-state index contributed by atoms with van der Waals surface area (Å²) >= 11 is 5.32. The van der Waals surface area contributed by atoms with Gasteiger partial charge >= 0.3 is 0 Å². The summed E-state index contributed by atoms with van der Waals surface area (Å²) in [6, 6.07) is 0.368. The minimum atomic E-state index is -2.40. The molecule has 0 aliphatic carbocycles. The van der Waals surface area contributed by atoms with E-state index in [9.17, 15) is 23.6 Å². The molecule has 1 fully saturated rings. The Bertz CT molecular complexity index is 872. The third-order valence-corrected chi connectivity index (χ3v) is 6.71. The minimum Gasteiger partial charge on any atom is -0.364 e. The van der Waals surface area contributed by atoms with Crippen molar-refractivity contribution >= 4 is 43.3 Å². The fraction of sp³-hybridized carbons (Fsp3) is 0.611. The Kier molecular flexibility index (Phi) is 7.81. The molecule has 4 amide bonds. The molecule has 4 N–H and O–H groups in total.